The van der Waals surface area contributed by atoms with Crippen LogP contribution in [0, 0.1) is 0 Å². The highest BCUT2D eigenvalue weighted by atomic mass is 16.5. The molecule has 1 saturated carbocycles. The normalized spacial score (nSPS) is 23.9. The highest BCUT2D eigenvalue weighted by Gasteiger charge is 2.22. The van der Waals surface area contributed by atoms with Crippen molar-refractivity contribution < 1.29 is 4.74 Å². The lowest BCUT2D eigenvalue weighted by molar-refractivity contribution is -0.0132. The molecule has 1 saturated heterocycles. The van der Waals surface area contributed by atoms with Crippen molar-refractivity contribution >= 4 is 0 Å². The molecule has 1 N–H and O–H groups in total. The van der Waals surface area contributed by atoms with Crippen LogP contribution in [0.2, 0.25) is 0 Å². The molecule has 20 heavy (non-hydrogen) atoms. The molecule has 110 valence electrons. The number of hydrogen-bond acceptors (Lipinski definition) is 4. The van der Waals surface area contributed by atoms with Gasteiger partial charge in [-0.2, -0.15) is 0 Å². The Morgan fingerprint density at radius 3 is 3.00 bits per heavy atom. The van der Waals surface area contributed by atoms with Crippen LogP contribution in [-0.4, -0.2) is 41.7 Å². The van der Waals surface area contributed by atoms with E-state index in [0.29, 0.717) is 6.04 Å². The molecule has 1 aliphatic heterocycles. The van der Waals surface area contributed by atoms with E-state index in [0.717, 1.165) is 51.0 Å². The molecular formula is C16H25N3O. The minimum atomic E-state index is 0.541. The molecule has 0 aromatic carbocycles. The Morgan fingerprint density at radius 2 is 2.20 bits per heavy atom. The Bertz CT molecular complexity index is 433. The van der Waals surface area contributed by atoms with Crippen LogP contribution in [0.1, 0.15) is 37.6 Å². The summed E-state index contributed by atoms with van der Waals surface area (Å²) in [6.07, 6.45) is 3.79. The lowest BCUT2D eigenvalue weighted by atomic mass is 10.1. The first-order valence-electron chi connectivity index (χ1n) is 7.85. The van der Waals surface area contributed by atoms with E-state index in [4.69, 9.17) is 9.72 Å². The Kier molecular flexibility index (Phi) is 4.65. The van der Waals surface area contributed by atoms with Gasteiger partial charge in [-0.3, -0.25) is 9.88 Å². The lowest BCUT2D eigenvalue weighted by Gasteiger charge is -2.34. The van der Waals surface area contributed by atoms with Crippen molar-refractivity contribution in [3.8, 4) is 0 Å². The van der Waals surface area contributed by atoms with Crippen molar-refractivity contribution in [2.45, 2.75) is 51.4 Å². The number of nitrogens with one attached hydrogen (secondary N) is 1. The summed E-state index contributed by atoms with van der Waals surface area (Å²) in [7, 11) is 0. The van der Waals surface area contributed by atoms with Crippen LogP contribution >= 0.6 is 0 Å². The predicted octanol–water partition coefficient (Wildman–Crippen LogP) is 1.94. The van der Waals surface area contributed by atoms with Crippen LogP contribution in [0.3, 0.4) is 0 Å². The molecule has 1 aromatic rings. The number of morpholine rings is 1. The number of pyridine rings is 1. The van der Waals surface area contributed by atoms with Gasteiger partial charge in [-0.05, 0) is 31.4 Å². The summed E-state index contributed by atoms with van der Waals surface area (Å²) in [4.78, 5) is 7.29. The maximum Gasteiger partial charge on any atom is 0.0622 e. The number of nitrogens with zero attached hydrogens (tertiary/aromatic N) is 2. The van der Waals surface area contributed by atoms with Gasteiger partial charge in [-0.15, -0.1) is 0 Å². The Hall–Kier alpha value is -0.970. The minimum absolute atomic E-state index is 0.541. The fraction of sp³-hybridized carbons (Fsp3) is 0.688. The standard InChI is InChI=1S/C16H25N3O/c1-2-16-12-20-9-8-19(16)11-15-5-3-4-14(18-15)10-17-13-6-7-13/h3-5,13,16-17H,2,6-12H2,1H3. The van der Waals surface area contributed by atoms with Gasteiger partial charge in [0.25, 0.3) is 0 Å². The minimum Gasteiger partial charge on any atom is -0.378 e. The predicted molar refractivity (Wildman–Crippen MR) is 79.4 cm³/mol. The van der Waals surface area contributed by atoms with E-state index in [1.54, 1.807) is 0 Å². The van der Waals surface area contributed by atoms with Crippen LogP contribution in [0.15, 0.2) is 18.2 Å². The first-order chi connectivity index (χ1) is 9.85. The summed E-state index contributed by atoms with van der Waals surface area (Å²) in [5, 5.41) is 3.53. The topological polar surface area (TPSA) is 37.4 Å². The molecule has 3 rings (SSSR count). The number of ether oxygens (including phenoxy) is 1. The van der Waals surface area contributed by atoms with E-state index < -0.39 is 0 Å². The van der Waals surface area contributed by atoms with Crippen molar-refractivity contribution in [2.24, 2.45) is 0 Å². The smallest absolute Gasteiger partial charge is 0.0622 e. The molecular weight excluding hydrogens is 250 g/mol. The highest BCUT2D eigenvalue weighted by Crippen LogP contribution is 2.19. The van der Waals surface area contributed by atoms with Crippen molar-refractivity contribution in [2.75, 3.05) is 19.8 Å². The highest BCUT2D eigenvalue weighted by molar-refractivity contribution is 5.12. The largest absolute Gasteiger partial charge is 0.378 e. The van der Waals surface area contributed by atoms with Gasteiger partial charge >= 0.3 is 0 Å². The molecule has 1 aliphatic carbocycles. The van der Waals surface area contributed by atoms with Gasteiger partial charge in [0.15, 0.2) is 0 Å². The van der Waals surface area contributed by atoms with E-state index in [2.05, 4.69) is 35.3 Å². The third-order valence-corrected chi connectivity index (χ3v) is 4.20. The lowest BCUT2D eigenvalue weighted by Crippen LogP contribution is -2.44. The molecule has 1 atom stereocenters. The molecule has 0 amide bonds. The third-order valence-electron chi connectivity index (χ3n) is 4.20. The first kappa shape index (κ1) is 14.0. The number of rotatable bonds is 6. The van der Waals surface area contributed by atoms with Crippen molar-refractivity contribution in [1.82, 2.24) is 15.2 Å². The van der Waals surface area contributed by atoms with Crippen LogP contribution in [0.25, 0.3) is 0 Å². The summed E-state index contributed by atoms with van der Waals surface area (Å²) >= 11 is 0. The molecule has 2 aliphatic rings. The Balaban J connectivity index is 1.59. The zero-order valence-electron chi connectivity index (χ0n) is 12.3. The fourth-order valence-electron chi connectivity index (χ4n) is 2.73. The summed E-state index contributed by atoms with van der Waals surface area (Å²) in [6.45, 7) is 6.80. The zero-order valence-corrected chi connectivity index (χ0v) is 12.3. The van der Waals surface area contributed by atoms with E-state index in [1.165, 1.54) is 18.5 Å². The molecule has 0 bridgehead atoms. The van der Waals surface area contributed by atoms with E-state index >= 15 is 0 Å². The quantitative estimate of drug-likeness (QED) is 0.861. The third kappa shape index (κ3) is 3.78. The molecule has 1 unspecified atom stereocenters. The van der Waals surface area contributed by atoms with E-state index in [-0.39, 0.29) is 0 Å². The van der Waals surface area contributed by atoms with Gasteiger partial charge in [-0.1, -0.05) is 13.0 Å². The Labute approximate surface area is 121 Å². The summed E-state index contributed by atoms with van der Waals surface area (Å²) in [5.41, 5.74) is 2.34. The molecule has 4 heteroatoms. The van der Waals surface area contributed by atoms with Crippen LogP contribution in [0.5, 0.6) is 0 Å². The van der Waals surface area contributed by atoms with Crippen molar-refractivity contribution in [3.63, 3.8) is 0 Å². The van der Waals surface area contributed by atoms with Crippen LogP contribution in [0.4, 0.5) is 0 Å². The monoisotopic (exact) mass is 275 g/mol. The molecule has 4 nitrogen and oxygen atoms in total. The van der Waals surface area contributed by atoms with Gasteiger partial charge in [0, 0.05) is 31.7 Å². The second-order valence-electron chi connectivity index (χ2n) is 5.88. The molecule has 1 aromatic heterocycles. The Morgan fingerprint density at radius 1 is 1.35 bits per heavy atom. The second kappa shape index (κ2) is 6.66. The summed E-state index contributed by atoms with van der Waals surface area (Å²) in [5.74, 6) is 0. The van der Waals surface area contributed by atoms with Gasteiger partial charge in [0.2, 0.25) is 0 Å². The van der Waals surface area contributed by atoms with Gasteiger partial charge in [0.05, 0.1) is 24.6 Å². The van der Waals surface area contributed by atoms with Crippen molar-refractivity contribution in [1.29, 1.82) is 0 Å². The molecule has 0 radical (unpaired) electrons. The fourth-order valence-corrected chi connectivity index (χ4v) is 2.73. The van der Waals surface area contributed by atoms with E-state index in [9.17, 15) is 0 Å². The van der Waals surface area contributed by atoms with Gasteiger partial charge < -0.3 is 10.1 Å². The molecule has 2 heterocycles. The van der Waals surface area contributed by atoms with Crippen LogP contribution in [-0.2, 0) is 17.8 Å². The molecule has 0 spiro atoms. The van der Waals surface area contributed by atoms with Crippen molar-refractivity contribution in [3.05, 3.63) is 29.6 Å². The summed E-state index contributed by atoms with van der Waals surface area (Å²) in [6, 6.07) is 7.68. The van der Waals surface area contributed by atoms with E-state index in [1.807, 2.05) is 0 Å². The van der Waals surface area contributed by atoms with Gasteiger partial charge in [-0.25, -0.2) is 0 Å². The average Bonchev–Trinajstić information content (AvgIpc) is 3.30. The van der Waals surface area contributed by atoms with Gasteiger partial charge in [0.1, 0.15) is 0 Å². The number of aromatic nitrogens is 1. The maximum atomic E-state index is 5.56. The SMILES string of the molecule is CCC1COCCN1Cc1cccc(CNC2CC2)n1. The molecule has 2 fully saturated rings. The second-order valence-corrected chi connectivity index (χ2v) is 5.88. The average molecular weight is 275 g/mol. The zero-order chi connectivity index (χ0) is 13.8. The maximum absolute atomic E-state index is 5.56. The van der Waals surface area contributed by atoms with Crippen LogP contribution < -0.4 is 5.32 Å². The number of hydrogen-bond donors (Lipinski definition) is 1. The first-order valence-corrected chi connectivity index (χ1v) is 7.85. The summed E-state index contributed by atoms with van der Waals surface area (Å²) < 4.78 is 5.56.